The smallest absolute Gasteiger partial charge is 0.261 e. The van der Waals surface area contributed by atoms with E-state index >= 15 is 0 Å². The number of carbonyl (C=O) groups is 2. The van der Waals surface area contributed by atoms with Crippen LogP contribution in [0.15, 0.2) is 40.9 Å². The van der Waals surface area contributed by atoms with Crippen LogP contribution in [0.4, 0.5) is 4.39 Å². The lowest BCUT2D eigenvalue weighted by Crippen LogP contribution is -2.49. The van der Waals surface area contributed by atoms with E-state index in [2.05, 4.69) is 21.2 Å². The lowest BCUT2D eigenvalue weighted by Gasteiger charge is -2.29. The monoisotopic (exact) mass is 492 g/mol. The number of rotatable bonds is 10. The number of carbonyl (C=O) groups excluding carboxylic acids is 2. The minimum atomic E-state index is -0.763. The van der Waals surface area contributed by atoms with E-state index in [-0.39, 0.29) is 25.0 Å². The van der Waals surface area contributed by atoms with Gasteiger partial charge in [0, 0.05) is 23.1 Å². The Morgan fingerprint density at radius 3 is 2.45 bits per heavy atom. The van der Waals surface area contributed by atoms with Crippen molar-refractivity contribution in [2.45, 2.75) is 53.1 Å². The third-order valence-electron chi connectivity index (χ3n) is 5.07. The molecule has 0 bridgehead atoms. The van der Waals surface area contributed by atoms with Crippen molar-refractivity contribution in [3.05, 3.63) is 63.4 Å². The predicted molar refractivity (Wildman–Crippen MR) is 123 cm³/mol. The molecule has 0 radical (unpaired) electrons. The van der Waals surface area contributed by atoms with Crippen molar-refractivity contribution in [1.29, 1.82) is 0 Å². The van der Waals surface area contributed by atoms with Gasteiger partial charge >= 0.3 is 0 Å². The molecule has 1 atom stereocenters. The van der Waals surface area contributed by atoms with Gasteiger partial charge in [0.1, 0.15) is 17.6 Å². The summed E-state index contributed by atoms with van der Waals surface area (Å²) in [5.74, 6) is -0.510. The quantitative estimate of drug-likeness (QED) is 0.479. The summed E-state index contributed by atoms with van der Waals surface area (Å²) in [4.78, 5) is 27.0. The molecule has 0 aromatic heterocycles. The van der Waals surface area contributed by atoms with E-state index in [4.69, 9.17) is 4.74 Å². The van der Waals surface area contributed by atoms with Crippen LogP contribution >= 0.6 is 15.9 Å². The number of aryl methyl sites for hydroxylation is 2. The lowest BCUT2D eigenvalue weighted by molar-refractivity contribution is -0.142. The molecular formula is C24H30BrFN2O3. The van der Waals surface area contributed by atoms with Crippen molar-refractivity contribution >= 4 is 27.7 Å². The Hall–Kier alpha value is -2.41. The van der Waals surface area contributed by atoms with Crippen LogP contribution in [0.25, 0.3) is 0 Å². The zero-order valence-corrected chi connectivity index (χ0v) is 20.1. The van der Waals surface area contributed by atoms with Crippen molar-refractivity contribution in [2.75, 3.05) is 13.2 Å². The zero-order chi connectivity index (χ0) is 23.0. The number of nitrogens with zero attached hydrogens (tertiary/aromatic N) is 1. The van der Waals surface area contributed by atoms with Gasteiger partial charge in [-0.2, -0.15) is 0 Å². The van der Waals surface area contributed by atoms with Gasteiger partial charge in [0.05, 0.1) is 0 Å². The SMILES string of the molecule is CCCCNC(=O)[C@H](C)N(Cc1ccccc1F)C(=O)COc1cc(C)c(Br)c(C)c1. The van der Waals surface area contributed by atoms with Crippen LogP contribution in [-0.2, 0) is 16.1 Å². The highest BCUT2D eigenvalue weighted by Gasteiger charge is 2.27. The third-order valence-corrected chi connectivity index (χ3v) is 6.32. The molecule has 0 aliphatic rings. The average molecular weight is 493 g/mol. The number of amides is 2. The largest absolute Gasteiger partial charge is 0.484 e. The molecule has 2 amide bonds. The first-order chi connectivity index (χ1) is 14.7. The maximum Gasteiger partial charge on any atom is 0.261 e. The first-order valence-electron chi connectivity index (χ1n) is 10.4. The van der Waals surface area contributed by atoms with Gasteiger partial charge in [-0.15, -0.1) is 0 Å². The Morgan fingerprint density at radius 2 is 1.84 bits per heavy atom. The Morgan fingerprint density at radius 1 is 1.19 bits per heavy atom. The maximum atomic E-state index is 14.2. The van der Waals surface area contributed by atoms with E-state index in [1.54, 1.807) is 25.1 Å². The molecule has 1 N–H and O–H groups in total. The second-order valence-corrected chi connectivity index (χ2v) is 8.39. The predicted octanol–water partition coefficient (Wildman–Crippen LogP) is 4.92. The summed E-state index contributed by atoms with van der Waals surface area (Å²) in [7, 11) is 0. The molecule has 0 fully saturated rings. The van der Waals surface area contributed by atoms with Gasteiger partial charge in [-0.05, 0) is 56.5 Å². The standard InChI is InChI=1S/C24H30BrFN2O3/c1-5-6-11-27-24(30)18(4)28(14-19-9-7-8-10-21(19)26)22(29)15-31-20-12-16(2)23(25)17(3)13-20/h7-10,12-13,18H,5-6,11,14-15H2,1-4H3,(H,27,30)/t18-/m0/s1. The minimum absolute atomic E-state index is 0.0182. The van der Waals surface area contributed by atoms with Crippen LogP contribution in [0.5, 0.6) is 5.75 Å². The zero-order valence-electron chi connectivity index (χ0n) is 18.5. The maximum absolute atomic E-state index is 14.2. The third kappa shape index (κ3) is 7.06. The normalized spacial score (nSPS) is 11.7. The summed E-state index contributed by atoms with van der Waals surface area (Å²) in [6.07, 6.45) is 1.80. The lowest BCUT2D eigenvalue weighted by atomic mass is 10.1. The highest BCUT2D eigenvalue weighted by molar-refractivity contribution is 9.10. The number of halogens is 2. The van der Waals surface area contributed by atoms with Gasteiger partial charge in [0.25, 0.3) is 5.91 Å². The Balaban J connectivity index is 2.17. The van der Waals surface area contributed by atoms with E-state index in [0.717, 1.165) is 28.4 Å². The van der Waals surface area contributed by atoms with E-state index in [9.17, 15) is 14.0 Å². The molecule has 0 saturated heterocycles. The average Bonchev–Trinajstić information content (AvgIpc) is 2.74. The van der Waals surface area contributed by atoms with Crippen LogP contribution in [0.1, 0.15) is 43.4 Å². The van der Waals surface area contributed by atoms with Crippen molar-refractivity contribution in [3.8, 4) is 5.75 Å². The number of ether oxygens (including phenoxy) is 1. The van der Waals surface area contributed by atoms with Crippen LogP contribution < -0.4 is 10.1 Å². The number of hydrogen-bond donors (Lipinski definition) is 1. The molecule has 0 saturated carbocycles. The van der Waals surface area contributed by atoms with Gasteiger partial charge in [-0.1, -0.05) is 47.5 Å². The highest BCUT2D eigenvalue weighted by Crippen LogP contribution is 2.26. The second kappa shape index (κ2) is 11.8. The van der Waals surface area contributed by atoms with Gasteiger partial charge in [-0.25, -0.2) is 4.39 Å². The van der Waals surface area contributed by atoms with Crippen molar-refractivity contribution in [1.82, 2.24) is 10.2 Å². The fraction of sp³-hybridized carbons (Fsp3) is 0.417. The molecule has 7 heteroatoms. The van der Waals surface area contributed by atoms with E-state index in [1.165, 1.54) is 11.0 Å². The molecule has 168 valence electrons. The summed E-state index contributed by atoms with van der Waals surface area (Å²) in [6, 6.07) is 9.16. The minimum Gasteiger partial charge on any atom is -0.484 e. The van der Waals surface area contributed by atoms with Crippen LogP contribution in [0.3, 0.4) is 0 Å². The summed E-state index contributed by atoms with van der Waals surface area (Å²) < 4.78 is 20.9. The number of unbranched alkanes of at least 4 members (excludes halogenated alkanes) is 1. The summed E-state index contributed by atoms with van der Waals surface area (Å²) >= 11 is 3.51. The fourth-order valence-electron chi connectivity index (χ4n) is 3.15. The molecule has 5 nitrogen and oxygen atoms in total. The summed E-state index contributed by atoms with van der Waals surface area (Å²) in [5.41, 5.74) is 2.34. The molecule has 31 heavy (non-hydrogen) atoms. The van der Waals surface area contributed by atoms with Crippen molar-refractivity contribution in [3.63, 3.8) is 0 Å². The van der Waals surface area contributed by atoms with E-state index in [0.29, 0.717) is 17.9 Å². The van der Waals surface area contributed by atoms with Crippen molar-refractivity contribution < 1.29 is 18.7 Å². The van der Waals surface area contributed by atoms with Crippen LogP contribution in [-0.4, -0.2) is 35.9 Å². The fourth-order valence-corrected chi connectivity index (χ4v) is 3.38. The van der Waals surface area contributed by atoms with E-state index < -0.39 is 11.9 Å². The number of benzene rings is 2. The molecule has 0 aliphatic carbocycles. The molecule has 0 unspecified atom stereocenters. The molecule has 0 heterocycles. The summed E-state index contributed by atoms with van der Waals surface area (Å²) in [6.45, 7) is 7.84. The summed E-state index contributed by atoms with van der Waals surface area (Å²) in [5, 5.41) is 2.84. The first-order valence-corrected chi connectivity index (χ1v) is 11.2. The van der Waals surface area contributed by atoms with Gasteiger partial charge in [0.2, 0.25) is 5.91 Å². The molecular weight excluding hydrogens is 463 g/mol. The van der Waals surface area contributed by atoms with E-state index in [1.807, 2.05) is 32.9 Å². The molecule has 0 spiro atoms. The van der Waals surface area contributed by atoms with Crippen LogP contribution in [0, 0.1) is 19.7 Å². The Bertz CT molecular complexity index is 896. The second-order valence-electron chi connectivity index (χ2n) is 7.59. The first kappa shape index (κ1) is 24.9. The van der Waals surface area contributed by atoms with Gasteiger partial charge in [0.15, 0.2) is 6.61 Å². The topological polar surface area (TPSA) is 58.6 Å². The number of nitrogens with one attached hydrogen (secondary N) is 1. The van der Waals surface area contributed by atoms with Crippen molar-refractivity contribution in [2.24, 2.45) is 0 Å². The van der Waals surface area contributed by atoms with Gasteiger partial charge in [-0.3, -0.25) is 9.59 Å². The molecule has 2 aromatic carbocycles. The van der Waals surface area contributed by atoms with Gasteiger partial charge < -0.3 is 15.0 Å². The molecule has 2 rings (SSSR count). The number of hydrogen-bond acceptors (Lipinski definition) is 3. The molecule has 2 aromatic rings. The highest BCUT2D eigenvalue weighted by atomic mass is 79.9. The Kier molecular flexibility index (Phi) is 9.49. The Labute approximate surface area is 192 Å². The van der Waals surface area contributed by atoms with Crippen LogP contribution in [0.2, 0.25) is 0 Å². The molecule has 0 aliphatic heterocycles.